The molecule has 1 rings (SSSR count). The maximum Gasteiger partial charge on any atom is 0.337 e. The molecule has 0 spiro atoms. The summed E-state index contributed by atoms with van der Waals surface area (Å²) in [4.78, 5) is 22.8. The zero-order valence-electron chi connectivity index (χ0n) is 11.4. The predicted octanol–water partition coefficient (Wildman–Crippen LogP) is 2.33. The molecular weight excluding hydrogens is 316 g/mol. The van der Waals surface area contributed by atoms with Crippen LogP contribution in [0.15, 0.2) is 30.0 Å². The van der Waals surface area contributed by atoms with Crippen molar-refractivity contribution >= 4 is 41.8 Å². The third-order valence-corrected chi connectivity index (χ3v) is 2.92. The number of anilines is 1. The fourth-order valence-corrected chi connectivity index (χ4v) is 1.90. The van der Waals surface area contributed by atoms with Crippen molar-refractivity contribution in [1.82, 2.24) is 5.32 Å². The highest BCUT2D eigenvalue weighted by Gasteiger charge is 2.15. The van der Waals surface area contributed by atoms with Gasteiger partial charge in [-0.1, -0.05) is 11.6 Å². The lowest BCUT2D eigenvalue weighted by Crippen LogP contribution is -2.37. The minimum atomic E-state index is -1.11. The van der Waals surface area contributed by atoms with Gasteiger partial charge in [0.25, 0.3) is 5.91 Å². The fourth-order valence-electron chi connectivity index (χ4n) is 1.47. The second-order valence-electron chi connectivity index (χ2n) is 4.05. The predicted molar refractivity (Wildman–Crippen MR) is 83.7 cm³/mol. The largest absolute Gasteiger partial charge is 0.504 e. The molecule has 0 aliphatic rings. The summed E-state index contributed by atoms with van der Waals surface area (Å²) in [5.41, 5.74) is -0.169. The number of carbonyl (C=O) groups is 2. The molecule has 0 saturated carbocycles. The highest BCUT2D eigenvalue weighted by molar-refractivity contribution is 7.81. The number of hydrogen-bond donors (Lipinski definition) is 4. The molecule has 8 heteroatoms. The summed E-state index contributed by atoms with van der Waals surface area (Å²) in [7, 11) is 1.43. The number of benzene rings is 1. The summed E-state index contributed by atoms with van der Waals surface area (Å²) in [5, 5.41) is 14.7. The number of carboxylic acids is 1. The quantitative estimate of drug-likeness (QED) is 0.278. The Morgan fingerprint density at radius 1 is 1.48 bits per heavy atom. The van der Waals surface area contributed by atoms with E-state index in [1.165, 1.54) is 31.6 Å². The molecule has 1 aromatic carbocycles. The molecule has 3 N–H and O–H groups in total. The highest BCUT2D eigenvalue weighted by atomic mass is 35.5. The zero-order chi connectivity index (χ0) is 16.0. The van der Waals surface area contributed by atoms with Crippen molar-refractivity contribution in [1.29, 1.82) is 0 Å². The van der Waals surface area contributed by atoms with Gasteiger partial charge >= 0.3 is 5.97 Å². The van der Waals surface area contributed by atoms with Crippen molar-refractivity contribution in [2.45, 2.75) is 12.4 Å². The molecule has 1 atom stereocenters. The molecule has 1 unspecified atom stereocenters. The van der Waals surface area contributed by atoms with E-state index < -0.39 is 17.4 Å². The molecule has 0 aliphatic carbocycles. The van der Waals surface area contributed by atoms with Gasteiger partial charge in [-0.05, 0) is 25.1 Å². The van der Waals surface area contributed by atoms with Gasteiger partial charge in [-0.25, -0.2) is 4.79 Å². The number of nitrogens with one attached hydrogen (secondary N) is 2. The Hall–Kier alpha value is -1.86. The molecule has 0 saturated heterocycles. The molecule has 0 radical (unpaired) electrons. The van der Waals surface area contributed by atoms with Crippen molar-refractivity contribution in [2.24, 2.45) is 0 Å². The summed E-state index contributed by atoms with van der Waals surface area (Å²) < 4.78 is 4.73. The van der Waals surface area contributed by atoms with Crippen LogP contribution in [0.1, 0.15) is 17.3 Å². The topological polar surface area (TPSA) is 87.7 Å². The molecule has 114 valence electrons. The molecule has 1 aromatic rings. The van der Waals surface area contributed by atoms with Gasteiger partial charge in [-0.3, -0.25) is 4.79 Å². The Morgan fingerprint density at radius 2 is 2.14 bits per heavy atom. The second-order valence-corrected chi connectivity index (χ2v) is 5.00. The molecule has 0 aliphatic heterocycles. The molecule has 21 heavy (non-hydrogen) atoms. The van der Waals surface area contributed by atoms with Gasteiger partial charge < -0.3 is 20.5 Å². The third-order valence-electron chi connectivity index (χ3n) is 2.42. The average Bonchev–Trinajstić information content (AvgIpc) is 2.38. The number of thiol groups is 1. The number of halogens is 1. The summed E-state index contributed by atoms with van der Waals surface area (Å²) in [6.07, 6.45) is 1.29. The minimum Gasteiger partial charge on any atom is -0.504 e. The summed E-state index contributed by atoms with van der Waals surface area (Å²) in [6, 6.07) is 4.28. The molecule has 1 amide bonds. The van der Waals surface area contributed by atoms with Crippen LogP contribution >= 0.6 is 24.2 Å². The molecule has 0 fully saturated rings. The van der Waals surface area contributed by atoms with E-state index in [2.05, 4.69) is 23.3 Å². The van der Waals surface area contributed by atoms with Crippen molar-refractivity contribution in [2.75, 3.05) is 12.4 Å². The van der Waals surface area contributed by atoms with E-state index in [0.717, 1.165) is 0 Å². The Labute approximate surface area is 132 Å². The van der Waals surface area contributed by atoms with Crippen LogP contribution in [0.2, 0.25) is 5.02 Å². The maximum absolute atomic E-state index is 11.7. The van der Waals surface area contributed by atoms with Crippen molar-refractivity contribution in [3.63, 3.8) is 0 Å². The average molecular weight is 331 g/mol. The second kappa shape index (κ2) is 7.80. The van der Waals surface area contributed by atoms with E-state index in [0.29, 0.717) is 10.6 Å². The Kier molecular flexibility index (Phi) is 6.39. The van der Waals surface area contributed by atoms with Crippen LogP contribution in [0.4, 0.5) is 5.69 Å². The maximum atomic E-state index is 11.7. The van der Waals surface area contributed by atoms with Gasteiger partial charge in [0.05, 0.1) is 24.6 Å². The number of carbonyl (C=O) groups excluding carboxylic acids is 1. The van der Waals surface area contributed by atoms with Crippen molar-refractivity contribution in [3.8, 4) is 0 Å². The lowest BCUT2D eigenvalue weighted by Gasteiger charge is -2.18. The molecule has 0 aromatic heterocycles. The van der Waals surface area contributed by atoms with E-state index in [1.807, 2.05) is 0 Å². The van der Waals surface area contributed by atoms with Crippen LogP contribution in [-0.4, -0.2) is 29.6 Å². The molecule has 6 nitrogen and oxygen atoms in total. The minimum absolute atomic E-state index is 0.0249. The number of methoxy groups -OCH3 is 1. The highest BCUT2D eigenvalue weighted by Crippen LogP contribution is 2.22. The fraction of sp³-hybridized carbons (Fsp3) is 0.231. The summed E-state index contributed by atoms with van der Waals surface area (Å²) >= 11 is 9.98. The van der Waals surface area contributed by atoms with Gasteiger partial charge in [-0.2, -0.15) is 0 Å². The van der Waals surface area contributed by atoms with Crippen LogP contribution in [0, 0.1) is 0 Å². The SMILES string of the molecule is COC=C(C)C(=O)NC(S)Nc1cc(Cl)ccc1C(=O)O. The number of amides is 1. The van der Waals surface area contributed by atoms with Gasteiger partial charge in [0.1, 0.15) is 5.50 Å². The van der Waals surface area contributed by atoms with Crippen LogP contribution in [0.25, 0.3) is 0 Å². The lowest BCUT2D eigenvalue weighted by molar-refractivity contribution is -0.117. The lowest BCUT2D eigenvalue weighted by atomic mass is 10.2. The van der Waals surface area contributed by atoms with Gasteiger partial charge in [0, 0.05) is 10.6 Å². The third kappa shape index (κ3) is 5.20. The van der Waals surface area contributed by atoms with E-state index in [4.69, 9.17) is 21.4 Å². The Balaban J connectivity index is 2.82. The first kappa shape index (κ1) is 17.2. The number of ether oxygens (including phenoxy) is 1. The van der Waals surface area contributed by atoms with Crippen LogP contribution < -0.4 is 10.6 Å². The van der Waals surface area contributed by atoms with Crippen molar-refractivity contribution < 1.29 is 19.4 Å². The van der Waals surface area contributed by atoms with Crippen LogP contribution in [0.5, 0.6) is 0 Å². The number of rotatable bonds is 6. The summed E-state index contributed by atoms with van der Waals surface area (Å²) in [5.74, 6) is -1.51. The molecule has 0 heterocycles. The van der Waals surface area contributed by atoms with Gasteiger partial charge in [0.15, 0.2) is 0 Å². The number of aromatic carboxylic acids is 1. The van der Waals surface area contributed by atoms with E-state index in [1.54, 1.807) is 6.92 Å². The van der Waals surface area contributed by atoms with Crippen molar-refractivity contribution in [3.05, 3.63) is 40.6 Å². The Morgan fingerprint density at radius 3 is 2.71 bits per heavy atom. The first-order valence-corrected chi connectivity index (χ1v) is 6.72. The summed E-state index contributed by atoms with van der Waals surface area (Å²) in [6.45, 7) is 1.57. The normalized spacial score (nSPS) is 12.5. The monoisotopic (exact) mass is 330 g/mol. The molecular formula is C13H15ClN2O4S. The first-order chi connectivity index (χ1) is 9.85. The van der Waals surface area contributed by atoms with Crippen LogP contribution in [0.3, 0.4) is 0 Å². The smallest absolute Gasteiger partial charge is 0.337 e. The van der Waals surface area contributed by atoms with E-state index >= 15 is 0 Å². The van der Waals surface area contributed by atoms with E-state index in [-0.39, 0.29) is 11.3 Å². The number of hydrogen-bond acceptors (Lipinski definition) is 5. The van der Waals surface area contributed by atoms with Gasteiger partial charge in [-0.15, -0.1) is 12.6 Å². The Bertz CT molecular complexity index is 577. The van der Waals surface area contributed by atoms with Gasteiger partial charge in [0.2, 0.25) is 0 Å². The van der Waals surface area contributed by atoms with Crippen LogP contribution in [-0.2, 0) is 9.53 Å². The number of carboxylic acid groups (broad SMARTS) is 1. The standard InChI is InChI=1S/C13H15ClN2O4S/c1-7(6-20-2)11(17)16-13(21)15-10-5-8(14)3-4-9(10)12(18)19/h3-6,13,15,21H,1-2H3,(H,16,17)(H,18,19). The zero-order valence-corrected chi connectivity index (χ0v) is 13.0. The molecule has 0 bridgehead atoms. The first-order valence-electron chi connectivity index (χ1n) is 5.83. The van der Waals surface area contributed by atoms with E-state index in [9.17, 15) is 9.59 Å².